The number of rotatable bonds is 4. The third-order valence-electron chi connectivity index (χ3n) is 5.98. The Morgan fingerprint density at radius 2 is 1.71 bits per heavy atom. The molecule has 0 saturated carbocycles. The highest BCUT2D eigenvalue weighted by molar-refractivity contribution is 5.68. The van der Waals surface area contributed by atoms with Crippen LogP contribution in [-0.2, 0) is 4.74 Å². The van der Waals surface area contributed by atoms with Gasteiger partial charge in [-0.3, -0.25) is 15.0 Å². The molecule has 2 aliphatic rings. The first-order chi connectivity index (χ1) is 14.6. The van der Waals surface area contributed by atoms with Crippen molar-refractivity contribution in [3.05, 3.63) is 27.8 Å². The van der Waals surface area contributed by atoms with Gasteiger partial charge in [0.15, 0.2) is 5.75 Å². The topological polar surface area (TPSA) is 88.4 Å². The maximum atomic E-state index is 12.3. The standard InChI is InChI=1S/C22H34N4O5/c1-16-14-19(26(28)29)20(30-5)15-18(16)24-12-10-23(11-13-24)17-6-8-25(9-7-17)21(27)31-22(2,3)4/h14-15,17H,6-13H2,1-5H3. The predicted molar refractivity (Wildman–Crippen MR) is 119 cm³/mol. The van der Waals surface area contributed by atoms with Crippen LogP contribution in [0.2, 0.25) is 0 Å². The summed E-state index contributed by atoms with van der Waals surface area (Å²) in [5.41, 5.74) is 1.40. The Bertz CT molecular complexity index is 807. The summed E-state index contributed by atoms with van der Waals surface area (Å²) in [6.07, 6.45) is 1.67. The van der Waals surface area contributed by atoms with E-state index in [1.54, 1.807) is 12.1 Å². The van der Waals surface area contributed by atoms with Crippen LogP contribution >= 0.6 is 0 Å². The summed E-state index contributed by atoms with van der Waals surface area (Å²) in [5.74, 6) is 0.294. The van der Waals surface area contributed by atoms with Gasteiger partial charge in [-0.15, -0.1) is 0 Å². The zero-order valence-electron chi connectivity index (χ0n) is 19.2. The van der Waals surface area contributed by atoms with Crippen molar-refractivity contribution < 1.29 is 19.2 Å². The summed E-state index contributed by atoms with van der Waals surface area (Å²) < 4.78 is 10.7. The van der Waals surface area contributed by atoms with E-state index in [2.05, 4.69) is 9.80 Å². The van der Waals surface area contributed by atoms with Crippen LogP contribution in [0.25, 0.3) is 0 Å². The van der Waals surface area contributed by atoms with Crippen molar-refractivity contribution in [2.45, 2.75) is 52.2 Å². The third kappa shape index (κ3) is 5.58. The lowest BCUT2D eigenvalue weighted by Gasteiger charge is -2.43. The third-order valence-corrected chi connectivity index (χ3v) is 5.98. The van der Waals surface area contributed by atoms with Gasteiger partial charge in [-0.05, 0) is 46.1 Å². The highest BCUT2D eigenvalue weighted by atomic mass is 16.6. The first-order valence-electron chi connectivity index (χ1n) is 10.9. The van der Waals surface area contributed by atoms with Gasteiger partial charge in [0.1, 0.15) is 5.60 Å². The fourth-order valence-electron chi connectivity index (χ4n) is 4.38. The Morgan fingerprint density at radius 1 is 1.10 bits per heavy atom. The summed E-state index contributed by atoms with van der Waals surface area (Å²) in [7, 11) is 1.46. The number of methoxy groups -OCH3 is 1. The molecule has 0 N–H and O–H groups in total. The van der Waals surface area contributed by atoms with E-state index >= 15 is 0 Å². The number of piperazine rings is 1. The van der Waals surface area contributed by atoms with Gasteiger partial charge in [0.2, 0.25) is 0 Å². The second kappa shape index (κ2) is 9.30. The minimum Gasteiger partial charge on any atom is -0.490 e. The van der Waals surface area contributed by atoms with Gasteiger partial charge in [-0.2, -0.15) is 0 Å². The predicted octanol–water partition coefficient (Wildman–Crippen LogP) is 3.43. The Labute approximate surface area is 184 Å². The van der Waals surface area contributed by atoms with E-state index in [0.29, 0.717) is 11.8 Å². The number of ether oxygens (including phenoxy) is 2. The summed E-state index contributed by atoms with van der Waals surface area (Å²) >= 11 is 0. The van der Waals surface area contributed by atoms with E-state index in [9.17, 15) is 14.9 Å². The molecule has 0 bridgehead atoms. The summed E-state index contributed by atoms with van der Waals surface area (Å²) in [4.78, 5) is 29.7. The molecule has 2 heterocycles. The Kier molecular flexibility index (Phi) is 6.93. The van der Waals surface area contributed by atoms with Crippen LogP contribution in [0.5, 0.6) is 5.75 Å². The Morgan fingerprint density at radius 3 is 2.23 bits per heavy atom. The zero-order chi connectivity index (χ0) is 22.8. The van der Waals surface area contributed by atoms with Gasteiger partial charge >= 0.3 is 11.8 Å². The maximum absolute atomic E-state index is 12.3. The number of hydrogen-bond donors (Lipinski definition) is 0. The highest BCUT2D eigenvalue weighted by Gasteiger charge is 2.31. The molecule has 2 saturated heterocycles. The second-order valence-electron chi connectivity index (χ2n) is 9.29. The number of nitrogens with zero attached hydrogens (tertiary/aromatic N) is 4. The average Bonchev–Trinajstić information content (AvgIpc) is 2.72. The number of anilines is 1. The molecule has 2 aliphatic heterocycles. The van der Waals surface area contributed by atoms with Crippen molar-refractivity contribution in [1.29, 1.82) is 0 Å². The molecule has 0 radical (unpaired) electrons. The van der Waals surface area contributed by atoms with Crippen molar-refractivity contribution in [2.75, 3.05) is 51.3 Å². The fourth-order valence-corrected chi connectivity index (χ4v) is 4.38. The summed E-state index contributed by atoms with van der Waals surface area (Å²) in [5, 5.41) is 11.2. The van der Waals surface area contributed by atoms with Crippen LogP contribution in [-0.4, -0.2) is 78.8 Å². The Hall–Kier alpha value is -2.55. The molecule has 9 heteroatoms. The molecule has 9 nitrogen and oxygen atoms in total. The smallest absolute Gasteiger partial charge is 0.410 e. The van der Waals surface area contributed by atoms with Gasteiger partial charge < -0.3 is 19.3 Å². The summed E-state index contributed by atoms with van der Waals surface area (Å²) in [6.45, 7) is 12.6. The lowest BCUT2D eigenvalue weighted by atomic mass is 10.0. The zero-order valence-corrected chi connectivity index (χ0v) is 19.2. The second-order valence-corrected chi connectivity index (χ2v) is 9.29. The number of benzene rings is 1. The first-order valence-corrected chi connectivity index (χ1v) is 10.9. The molecule has 0 spiro atoms. The van der Waals surface area contributed by atoms with E-state index in [-0.39, 0.29) is 11.8 Å². The van der Waals surface area contributed by atoms with E-state index in [4.69, 9.17) is 9.47 Å². The number of amides is 1. The number of aryl methyl sites for hydroxylation is 1. The fraction of sp³-hybridized carbons (Fsp3) is 0.682. The number of piperidine rings is 1. The van der Waals surface area contributed by atoms with Crippen molar-refractivity contribution in [3.8, 4) is 5.75 Å². The first kappa shape index (κ1) is 23.1. The Balaban J connectivity index is 1.55. The number of hydrogen-bond acceptors (Lipinski definition) is 7. The molecular formula is C22H34N4O5. The van der Waals surface area contributed by atoms with Crippen molar-refractivity contribution in [3.63, 3.8) is 0 Å². The van der Waals surface area contributed by atoms with Crippen LogP contribution in [0, 0.1) is 17.0 Å². The quantitative estimate of drug-likeness (QED) is 0.530. The van der Waals surface area contributed by atoms with E-state index in [0.717, 1.165) is 63.4 Å². The van der Waals surface area contributed by atoms with Gasteiger partial charge in [-0.1, -0.05) is 0 Å². The largest absolute Gasteiger partial charge is 0.490 e. The molecule has 1 aromatic carbocycles. The van der Waals surface area contributed by atoms with Gasteiger partial charge in [0.25, 0.3) is 0 Å². The number of carbonyl (C=O) groups is 1. The number of nitro benzene ring substituents is 1. The van der Waals surface area contributed by atoms with Crippen LogP contribution in [0.3, 0.4) is 0 Å². The normalized spacial score (nSPS) is 18.7. The minimum absolute atomic E-state index is 0.000803. The number of carbonyl (C=O) groups excluding carboxylic acids is 1. The molecule has 0 aromatic heterocycles. The van der Waals surface area contributed by atoms with Crippen molar-refractivity contribution >= 4 is 17.5 Å². The lowest BCUT2D eigenvalue weighted by molar-refractivity contribution is -0.385. The van der Waals surface area contributed by atoms with Crippen molar-refractivity contribution in [1.82, 2.24) is 9.80 Å². The molecular weight excluding hydrogens is 400 g/mol. The summed E-state index contributed by atoms with van der Waals surface area (Å²) in [6, 6.07) is 3.84. The molecule has 0 unspecified atom stereocenters. The maximum Gasteiger partial charge on any atom is 0.410 e. The molecule has 31 heavy (non-hydrogen) atoms. The molecule has 0 atom stereocenters. The van der Waals surface area contributed by atoms with E-state index in [1.807, 2.05) is 32.6 Å². The highest BCUT2D eigenvalue weighted by Crippen LogP contribution is 2.35. The SMILES string of the molecule is COc1cc(N2CCN(C3CCN(C(=O)OC(C)(C)C)CC3)CC2)c(C)cc1[N+](=O)[O-]. The molecule has 3 rings (SSSR count). The number of likely N-dealkylation sites (tertiary alicyclic amines) is 1. The van der Waals surface area contributed by atoms with Crippen molar-refractivity contribution in [2.24, 2.45) is 0 Å². The van der Waals surface area contributed by atoms with E-state index < -0.39 is 10.5 Å². The van der Waals surface area contributed by atoms with E-state index in [1.165, 1.54) is 7.11 Å². The van der Waals surface area contributed by atoms with Gasteiger partial charge in [0.05, 0.1) is 12.0 Å². The molecule has 172 valence electrons. The van der Waals surface area contributed by atoms with Crippen LogP contribution in [0.15, 0.2) is 12.1 Å². The van der Waals surface area contributed by atoms with Crippen LogP contribution in [0.4, 0.5) is 16.2 Å². The molecule has 1 aromatic rings. The monoisotopic (exact) mass is 434 g/mol. The molecule has 1 amide bonds. The van der Waals surface area contributed by atoms with Gasteiger partial charge in [-0.25, -0.2) is 4.79 Å². The van der Waals surface area contributed by atoms with Crippen LogP contribution < -0.4 is 9.64 Å². The molecule has 2 fully saturated rings. The lowest BCUT2D eigenvalue weighted by Crippen LogP contribution is -2.54. The average molecular weight is 435 g/mol. The minimum atomic E-state index is -0.469. The van der Waals surface area contributed by atoms with Gasteiger partial charge in [0, 0.05) is 63.1 Å². The number of nitro groups is 1. The van der Waals surface area contributed by atoms with Crippen LogP contribution in [0.1, 0.15) is 39.2 Å². The molecule has 0 aliphatic carbocycles.